The molecule has 0 spiro atoms. The van der Waals surface area contributed by atoms with Crippen molar-refractivity contribution in [3.8, 4) is 17.1 Å². The first kappa shape index (κ1) is 17.3. The maximum atomic E-state index is 5.83. The van der Waals surface area contributed by atoms with E-state index in [-0.39, 0.29) is 0 Å². The lowest BCUT2D eigenvalue weighted by atomic mass is 10.2. The van der Waals surface area contributed by atoms with Crippen LogP contribution in [0.15, 0.2) is 70.4 Å². The van der Waals surface area contributed by atoms with E-state index >= 15 is 0 Å². The number of ether oxygens (including phenoxy) is 1. The van der Waals surface area contributed by atoms with Crippen molar-refractivity contribution >= 4 is 11.8 Å². The van der Waals surface area contributed by atoms with Gasteiger partial charge in [0.05, 0.1) is 25.6 Å². The number of methoxy groups -OCH3 is 1. The number of nitrogens with zero attached hydrogens (tertiary/aromatic N) is 5. The van der Waals surface area contributed by atoms with Crippen molar-refractivity contribution < 1.29 is 9.15 Å². The molecule has 27 heavy (non-hydrogen) atoms. The molecule has 0 aliphatic carbocycles. The highest BCUT2D eigenvalue weighted by Crippen LogP contribution is 2.25. The zero-order valence-corrected chi connectivity index (χ0v) is 15.5. The zero-order valence-electron chi connectivity index (χ0n) is 14.6. The predicted molar refractivity (Wildman–Crippen MR) is 101 cm³/mol. The molecule has 0 amide bonds. The largest absolute Gasteiger partial charge is 0.497 e. The lowest BCUT2D eigenvalue weighted by molar-refractivity contribution is 0.414. The van der Waals surface area contributed by atoms with Gasteiger partial charge < -0.3 is 9.15 Å². The van der Waals surface area contributed by atoms with E-state index in [0.29, 0.717) is 23.3 Å². The molecule has 0 saturated heterocycles. The van der Waals surface area contributed by atoms with Gasteiger partial charge in [0, 0.05) is 5.56 Å². The Hall–Kier alpha value is -3.13. The first-order valence-electron chi connectivity index (χ1n) is 8.34. The molecule has 0 radical (unpaired) electrons. The van der Waals surface area contributed by atoms with Gasteiger partial charge in [-0.05, 0) is 28.1 Å². The van der Waals surface area contributed by atoms with Crippen LogP contribution in [0.5, 0.6) is 5.75 Å². The fourth-order valence-corrected chi connectivity index (χ4v) is 3.27. The Morgan fingerprint density at radius 1 is 1.07 bits per heavy atom. The Balaban J connectivity index is 1.41. The summed E-state index contributed by atoms with van der Waals surface area (Å²) < 4.78 is 12.8. The average Bonchev–Trinajstić information content (AvgIpc) is 3.37. The molecule has 0 bridgehead atoms. The van der Waals surface area contributed by atoms with Gasteiger partial charge in [-0.15, -0.1) is 5.10 Å². The van der Waals surface area contributed by atoms with E-state index in [0.717, 1.165) is 22.6 Å². The van der Waals surface area contributed by atoms with Crippen molar-refractivity contribution in [2.45, 2.75) is 17.5 Å². The van der Waals surface area contributed by atoms with Crippen molar-refractivity contribution in [3.05, 3.63) is 72.2 Å². The highest BCUT2D eigenvalue weighted by Gasteiger charge is 2.11. The maximum absolute atomic E-state index is 5.83. The van der Waals surface area contributed by atoms with Crippen molar-refractivity contribution in [1.29, 1.82) is 0 Å². The normalized spacial score (nSPS) is 10.9. The molecule has 8 heteroatoms. The minimum Gasteiger partial charge on any atom is -0.497 e. The van der Waals surface area contributed by atoms with Crippen molar-refractivity contribution in [1.82, 2.24) is 25.2 Å². The summed E-state index contributed by atoms with van der Waals surface area (Å²) >= 11 is 1.49. The molecule has 136 valence electrons. The van der Waals surface area contributed by atoms with Gasteiger partial charge >= 0.3 is 0 Å². The molecule has 7 nitrogen and oxygen atoms in total. The summed E-state index contributed by atoms with van der Waals surface area (Å²) in [4.78, 5) is 4.35. The van der Waals surface area contributed by atoms with E-state index < -0.39 is 0 Å². The zero-order chi connectivity index (χ0) is 18.5. The van der Waals surface area contributed by atoms with E-state index in [9.17, 15) is 0 Å². The summed E-state index contributed by atoms with van der Waals surface area (Å²) in [5.41, 5.74) is 2.10. The molecule has 2 aromatic heterocycles. The molecule has 0 aliphatic rings. The maximum Gasteiger partial charge on any atom is 0.210 e. The van der Waals surface area contributed by atoms with Crippen molar-refractivity contribution in [2.24, 2.45) is 0 Å². The summed E-state index contributed by atoms with van der Waals surface area (Å²) in [5, 5.41) is 12.7. The first-order valence-corrected chi connectivity index (χ1v) is 9.32. The Labute approximate surface area is 160 Å². The predicted octanol–water partition coefficient (Wildman–Crippen LogP) is 3.68. The molecular weight excluding hydrogens is 362 g/mol. The van der Waals surface area contributed by atoms with Crippen molar-refractivity contribution in [2.75, 3.05) is 7.11 Å². The number of thioether (sulfide) groups is 1. The number of tetrazole rings is 1. The van der Waals surface area contributed by atoms with Crippen LogP contribution >= 0.6 is 11.8 Å². The van der Waals surface area contributed by atoms with Gasteiger partial charge in [-0.2, -0.15) is 0 Å². The lowest BCUT2D eigenvalue weighted by Crippen LogP contribution is -2.04. The van der Waals surface area contributed by atoms with Crippen LogP contribution in [0.25, 0.3) is 11.3 Å². The number of hydrogen-bond acceptors (Lipinski definition) is 7. The third kappa shape index (κ3) is 4.17. The number of benzene rings is 2. The van der Waals surface area contributed by atoms with Crippen LogP contribution in [0.4, 0.5) is 0 Å². The Kier molecular flexibility index (Phi) is 5.15. The molecular formula is C19H17N5O2S. The van der Waals surface area contributed by atoms with Crippen LogP contribution in [-0.4, -0.2) is 32.3 Å². The second-order valence-electron chi connectivity index (χ2n) is 5.74. The second kappa shape index (κ2) is 8.05. The van der Waals surface area contributed by atoms with E-state index in [2.05, 4.69) is 20.5 Å². The number of rotatable bonds is 7. The average molecular weight is 379 g/mol. The van der Waals surface area contributed by atoms with E-state index in [1.807, 2.05) is 54.6 Å². The van der Waals surface area contributed by atoms with Crippen LogP contribution in [0, 0.1) is 0 Å². The summed E-state index contributed by atoms with van der Waals surface area (Å²) in [6.45, 7) is 0.584. The Morgan fingerprint density at radius 3 is 2.67 bits per heavy atom. The molecule has 0 aliphatic heterocycles. The topological polar surface area (TPSA) is 78.9 Å². The first-order chi connectivity index (χ1) is 13.3. The molecule has 0 saturated carbocycles. The van der Waals surface area contributed by atoms with Gasteiger partial charge in [0.2, 0.25) is 11.0 Å². The van der Waals surface area contributed by atoms with Gasteiger partial charge in [0.1, 0.15) is 5.75 Å². The Bertz CT molecular complexity index is 998. The van der Waals surface area contributed by atoms with Crippen LogP contribution in [0.1, 0.15) is 11.5 Å². The van der Waals surface area contributed by atoms with Crippen LogP contribution in [-0.2, 0) is 12.3 Å². The number of oxazole rings is 1. The van der Waals surface area contributed by atoms with Gasteiger partial charge in [-0.1, -0.05) is 54.2 Å². The molecule has 0 fully saturated rings. The fourth-order valence-electron chi connectivity index (χ4n) is 2.54. The molecule has 2 heterocycles. The Morgan fingerprint density at radius 2 is 1.89 bits per heavy atom. The highest BCUT2D eigenvalue weighted by molar-refractivity contribution is 7.98. The number of aromatic nitrogens is 5. The smallest absolute Gasteiger partial charge is 0.210 e. The molecule has 0 atom stereocenters. The number of hydrogen-bond donors (Lipinski definition) is 0. The molecule has 0 unspecified atom stereocenters. The monoisotopic (exact) mass is 379 g/mol. The summed E-state index contributed by atoms with van der Waals surface area (Å²) in [5.74, 6) is 2.76. The van der Waals surface area contributed by atoms with Crippen molar-refractivity contribution in [3.63, 3.8) is 0 Å². The van der Waals surface area contributed by atoms with Gasteiger partial charge in [0.15, 0.2) is 5.76 Å². The lowest BCUT2D eigenvalue weighted by Gasteiger charge is -2.05. The van der Waals surface area contributed by atoms with Crippen LogP contribution in [0.3, 0.4) is 0 Å². The summed E-state index contributed by atoms with van der Waals surface area (Å²) in [6, 6.07) is 17.7. The van der Waals surface area contributed by atoms with Gasteiger partial charge in [0.25, 0.3) is 0 Å². The molecule has 2 aromatic carbocycles. The molecule has 4 rings (SSSR count). The SMILES string of the molecule is COc1ccc(Cn2nnnc2SCc2ncc(-c3ccccc3)o2)cc1. The fraction of sp³-hybridized carbons (Fsp3) is 0.158. The minimum absolute atomic E-state index is 0.551. The van der Waals surface area contributed by atoms with Gasteiger partial charge in [-0.25, -0.2) is 9.67 Å². The van der Waals surface area contributed by atoms with Crippen LogP contribution < -0.4 is 4.74 Å². The second-order valence-corrected chi connectivity index (χ2v) is 6.68. The third-order valence-corrected chi connectivity index (χ3v) is 4.87. The molecule has 0 N–H and O–H groups in total. The van der Waals surface area contributed by atoms with E-state index in [1.165, 1.54) is 11.8 Å². The third-order valence-electron chi connectivity index (χ3n) is 3.93. The van der Waals surface area contributed by atoms with Crippen LogP contribution in [0.2, 0.25) is 0 Å². The minimum atomic E-state index is 0.551. The standard InChI is InChI=1S/C19H17N5O2S/c1-25-16-9-7-14(8-10-16)12-24-19(21-22-23-24)27-13-18-20-11-17(26-18)15-5-3-2-4-6-15/h2-11H,12-13H2,1H3. The van der Waals surface area contributed by atoms with E-state index in [1.54, 1.807) is 18.0 Å². The highest BCUT2D eigenvalue weighted by atomic mass is 32.2. The van der Waals surface area contributed by atoms with E-state index in [4.69, 9.17) is 9.15 Å². The van der Waals surface area contributed by atoms with Gasteiger partial charge in [-0.3, -0.25) is 0 Å². The molecule has 4 aromatic rings. The quantitative estimate of drug-likeness (QED) is 0.453. The summed E-state index contributed by atoms with van der Waals surface area (Å²) in [7, 11) is 1.65. The summed E-state index contributed by atoms with van der Waals surface area (Å²) in [6.07, 6.45) is 1.74.